The monoisotopic (exact) mass is 227 g/mol. The van der Waals surface area contributed by atoms with Crippen LogP contribution in [-0.2, 0) is 9.59 Å². The molecule has 16 heavy (non-hydrogen) atoms. The van der Waals surface area contributed by atoms with Gasteiger partial charge in [0.2, 0.25) is 11.8 Å². The number of nitrogens with two attached hydrogens (primary N) is 1. The summed E-state index contributed by atoms with van der Waals surface area (Å²) < 4.78 is 0. The van der Waals surface area contributed by atoms with E-state index < -0.39 is 0 Å². The lowest BCUT2D eigenvalue weighted by Gasteiger charge is -2.24. The Bertz CT molecular complexity index is 248. The molecule has 1 saturated carbocycles. The van der Waals surface area contributed by atoms with Gasteiger partial charge >= 0.3 is 0 Å². The van der Waals surface area contributed by atoms with E-state index in [9.17, 15) is 9.59 Å². The minimum absolute atomic E-state index is 0.0156. The van der Waals surface area contributed by atoms with Gasteiger partial charge in [-0.15, -0.1) is 0 Å². The van der Waals surface area contributed by atoms with Crippen molar-refractivity contribution in [1.82, 2.24) is 10.6 Å². The van der Waals surface area contributed by atoms with Gasteiger partial charge in [-0.1, -0.05) is 0 Å². The first-order valence-electron chi connectivity index (χ1n) is 5.93. The van der Waals surface area contributed by atoms with Gasteiger partial charge in [0.25, 0.3) is 0 Å². The molecule has 1 fully saturated rings. The Morgan fingerprint density at radius 3 is 2.38 bits per heavy atom. The minimum atomic E-state index is -0.136. The van der Waals surface area contributed by atoms with Crippen molar-refractivity contribution in [3.05, 3.63) is 0 Å². The predicted molar refractivity (Wildman–Crippen MR) is 61.6 cm³/mol. The Labute approximate surface area is 96.1 Å². The molecule has 4 N–H and O–H groups in total. The Balaban J connectivity index is 2.22. The lowest BCUT2D eigenvalue weighted by atomic mass is 9.86. The maximum absolute atomic E-state index is 11.7. The van der Waals surface area contributed by atoms with Gasteiger partial charge in [0, 0.05) is 18.5 Å². The second-order valence-corrected chi connectivity index (χ2v) is 4.28. The molecule has 5 nitrogen and oxygen atoms in total. The normalized spacial score (nSPS) is 24.9. The summed E-state index contributed by atoms with van der Waals surface area (Å²) in [7, 11) is 0. The van der Waals surface area contributed by atoms with Crippen LogP contribution in [0.25, 0.3) is 0 Å². The minimum Gasteiger partial charge on any atom is -0.355 e. The van der Waals surface area contributed by atoms with Gasteiger partial charge in [-0.25, -0.2) is 0 Å². The molecule has 0 bridgehead atoms. The third-order valence-corrected chi connectivity index (χ3v) is 2.94. The molecule has 0 aromatic carbocycles. The molecule has 0 aliphatic heterocycles. The summed E-state index contributed by atoms with van der Waals surface area (Å²) in [5.41, 5.74) is 5.76. The topological polar surface area (TPSA) is 84.2 Å². The number of likely N-dealkylation sites (N-methyl/N-ethyl adjacent to an activating group) is 1. The van der Waals surface area contributed by atoms with E-state index in [-0.39, 0.29) is 30.3 Å². The Morgan fingerprint density at radius 1 is 1.19 bits per heavy atom. The van der Waals surface area contributed by atoms with E-state index in [1.165, 1.54) is 0 Å². The van der Waals surface area contributed by atoms with E-state index in [0.717, 1.165) is 25.7 Å². The Hall–Kier alpha value is -1.10. The molecule has 0 unspecified atom stereocenters. The van der Waals surface area contributed by atoms with E-state index in [4.69, 9.17) is 5.73 Å². The standard InChI is InChI=1S/C11H21N3O2/c1-2-13-10(15)7-14-11(16)8-3-5-9(12)6-4-8/h8-9H,2-7,12H2,1H3,(H,13,15)(H,14,16). The van der Waals surface area contributed by atoms with Gasteiger partial charge in [0.1, 0.15) is 0 Å². The smallest absolute Gasteiger partial charge is 0.239 e. The van der Waals surface area contributed by atoms with Crippen molar-refractivity contribution >= 4 is 11.8 Å². The van der Waals surface area contributed by atoms with Crippen LogP contribution in [0.15, 0.2) is 0 Å². The average molecular weight is 227 g/mol. The number of carbonyl (C=O) groups excluding carboxylic acids is 2. The second kappa shape index (κ2) is 6.48. The third kappa shape index (κ3) is 4.18. The number of carbonyl (C=O) groups is 2. The molecular weight excluding hydrogens is 206 g/mol. The van der Waals surface area contributed by atoms with Crippen molar-refractivity contribution in [2.75, 3.05) is 13.1 Å². The largest absolute Gasteiger partial charge is 0.355 e. The zero-order valence-electron chi connectivity index (χ0n) is 9.79. The highest BCUT2D eigenvalue weighted by molar-refractivity contribution is 5.85. The van der Waals surface area contributed by atoms with Crippen LogP contribution in [0.4, 0.5) is 0 Å². The number of nitrogens with one attached hydrogen (secondary N) is 2. The summed E-state index contributed by atoms with van der Waals surface area (Å²) in [5, 5.41) is 5.30. The molecule has 0 saturated heterocycles. The lowest BCUT2D eigenvalue weighted by Crippen LogP contribution is -2.41. The quantitative estimate of drug-likeness (QED) is 0.619. The fraction of sp³-hybridized carbons (Fsp3) is 0.818. The molecule has 1 aliphatic rings. The summed E-state index contributed by atoms with van der Waals surface area (Å²) in [5.74, 6) is -0.115. The second-order valence-electron chi connectivity index (χ2n) is 4.28. The van der Waals surface area contributed by atoms with Crippen molar-refractivity contribution in [2.24, 2.45) is 11.7 Å². The molecule has 1 aliphatic carbocycles. The molecule has 92 valence electrons. The van der Waals surface area contributed by atoms with E-state index in [1.807, 2.05) is 6.92 Å². The van der Waals surface area contributed by atoms with Crippen LogP contribution in [0.1, 0.15) is 32.6 Å². The third-order valence-electron chi connectivity index (χ3n) is 2.94. The summed E-state index contributed by atoms with van der Waals surface area (Å²) in [6, 6.07) is 0.243. The van der Waals surface area contributed by atoms with Gasteiger partial charge < -0.3 is 16.4 Å². The molecule has 1 rings (SSSR count). The Morgan fingerprint density at radius 2 is 1.81 bits per heavy atom. The summed E-state index contributed by atoms with van der Waals surface area (Å²) in [6.45, 7) is 2.52. The van der Waals surface area contributed by atoms with Crippen LogP contribution in [0, 0.1) is 5.92 Å². The predicted octanol–water partition coefficient (Wildman–Crippen LogP) is -0.244. The van der Waals surface area contributed by atoms with Crippen LogP contribution in [0.3, 0.4) is 0 Å². The molecule has 0 aromatic rings. The van der Waals surface area contributed by atoms with Crippen molar-refractivity contribution in [3.8, 4) is 0 Å². The average Bonchev–Trinajstić information content (AvgIpc) is 2.27. The maximum atomic E-state index is 11.7. The van der Waals surface area contributed by atoms with E-state index in [0.29, 0.717) is 6.54 Å². The van der Waals surface area contributed by atoms with Crippen LogP contribution in [0.2, 0.25) is 0 Å². The highest BCUT2D eigenvalue weighted by Gasteiger charge is 2.24. The van der Waals surface area contributed by atoms with Gasteiger partial charge in [0.05, 0.1) is 6.54 Å². The summed E-state index contributed by atoms with van der Waals surface area (Å²) >= 11 is 0. The Kier molecular flexibility index (Phi) is 5.25. The van der Waals surface area contributed by atoms with E-state index >= 15 is 0 Å². The fourth-order valence-corrected chi connectivity index (χ4v) is 1.95. The highest BCUT2D eigenvalue weighted by Crippen LogP contribution is 2.22. The molecule has 0 spiro atoms. The van der Waals surface area contributed by atoms with Gasteiger partial charge in [-0.3, -0.25) is 9.59 Å². The molecule has 0 heterocycles. The number of amides is 2. The van der Waals surface area contributed by atoms with Crippen LogP contribution in [-0.4, -0.2) is 30.9 Å². The zero-order chi connectivity index (χ0) is 12.0. The number of hydrogen-bond donors (Lipinski definition) is 3. The number of rotatable bonds is 4. The van der Waals surface area contributed by atoms with E-state index in [1.54, 1.807) is 0 Å². The van der Waals surface area contributed by atoms with Crippen LogP contribution >= 0.6 is 0 Å². The van der Waals surface area contributed by atoms with Crippen LogP contribution in [0.5, 0.6) is 0 Å². The molecule has 0 aromatic heterocycles. The molecule has 0 atom stereocenters. The molecule has 2 amide bonds. The highest BCUT2D eigenvalue weighted by atomic mass is 16.2. The van der Waals surface area contributed by atoms with Crippen molar-refractivity contribution < 1.29 is 9.59 Å². The summed E-state index contributed by atoms with van der Waals surface area (Å²) in [4.78, 5) is 22.8. The van der Waals surface area contributed by atoms with Crippen molar-refractivity contribution in [2.45, 2.75) is 38.6 Å². The summed E-state index contributed by atoms with van der Waals surface area (Å²) in [6.07, 6.45) is 3.48. The van der Waals surface area contributed by atoms with Gasteiger partial charge in [-0.2, -0.15) is 0 Å². The SMILES string of the molecule is CCNC(=O)CNC(=O)C1CCC(N)CC1. The van der Waals surface area contributed by atoms with Crippen molar-refractivity contribution in [3.63, 3.8) is 0 Å². The van der Waals surface area contributed by atoms with Crippen molar-refractivity contribution in [1.29, 1.82) is 0 Å². The number of hydrogen-bond acceptors (Lipinski definition) is 3. The lowest BCUT2D eigenvalue weighted by molar-refractivity contribution is -0.129. The molecule has 0 radical (unpaired) electrons. The first-order valence-corrected chi connectivity index (χ1v) is 5.93. The molecule has 5 heteroatoms. The van der Waals surface area contributed by atoms with Gasteiger partial charge in [0.15, 0.2) is 0 Å². The first-order chi connectivity index (χ1) is 7.63. The van der Waals surface area contributed by atoms with Gasteiger partial charge in [-0.05, 0) is 32.6 Å². The maximum Gasteiger partial charge on any atom is 0.239 e. The zero-order valence-corrected chi connectivity index (χ0v) is 9.79. The molecular formula is C11H21N3O2. The van der Waals surface area contributed by atoms with E-state index in [2.05, 4.69) is 10.6 Å². The fourth-order valence-electron chi connectivity index (χ4n) is 1.95. The first kappa shape index (κ1) is 13.0. The van der Waals surface area contributed by atoms with Crippen LogP contribution < -0.4 is 16.4 Å².